The van der Waals surface area contributed by atoms with Gasteiger partial charge in [-0.15, -0.1) is 11.8 Å². The second-order valence-corrected chi connectivity index (χ2v) is 2.20. The number of hydrogen-bond acceptors (Lipinski definition) is 3. The number of aromatic amines is 1. The van der Waals surface area contributed by atoms with E-state index in [9.17, 15) is 0 Å². The summed E-state index contributed by atoms with van der Waals surface area (Å²) in [5.41, 5.74) is 5.41. The van der Waals surface area contributed by atoms with Gasteiger partial charge in [0.2, 0.25) is 0 Å². The minimum absolute atomic E-state index is 0.650. The van der Waals surface area contributed by atoms with E-state index in [1.807, 2.05) is 6.26 Å². The zero-order chi connectivity index (χ0) is 5.98. The van der Waals surface area contributed by atoms with Crippen molar-refractivity contribution in [1.29, 1.82) is 0 Å². The van der Waals surface area contributed by atoms with E-state index in [0.717, 1.165) is 4.90 Å². The first-order valence-electron chi connectivity index (χ1n) is 2.17. The molecule has 0 fully saturated rings. The monoisotopic (exact) mass is 129 g/mol. The lowest BCUT2D eigenvalue weighted by Gasteiger charge is -1.86. The number of H-pyrrole nitrogens is 1. The summed E-state index contributed by atoms with van der Waals surface area (Å²) in [7, 11) is 0. The Hall–Kier alpha value is -0.640. The maximum absolute atomic E-state index is 5.41. The number of nitrogen functional groups attached to an aromatic ring is 1. The fourth-order valence-corrected chi connectivity index (χ4v) is 0.871. The van der Waals surface area contributed by atoms with Gasteiger partial charge in [0.05, 0.1) is 11.1 Å². The molecule has 0 aromatic carbocycles. The van der Waals surface area contributed by atoms with Crippen LogP contribution in [0.3, 0.4) is 0 Å². The minimum Gasteiger partial charge on any atom is -0.383 e. The van der Waals surface area contributed by atoms with E-state index in [1.54, 1.807) is 18.0 Å². The number of aromatic nitrogens is 2. The van der Waals surface area contributed by atoms with E-state index in [4.69, 9.17) is 5.73 Å². The Labute approximate surface area is 51.7 Å². The summed E-state index contributed by atoms with van der Waals surface area (Å²) in [6.07, 6.45) is 3.67. The van der Waals surface area contributed by atoms with Crippen LogP contribution in [0.5, 0.6) is 0 Å². The van der Waals surface area contributed by atoms with Gasteiger partial charge in [-0.25, -0.2) is 0 Å². The highest BCUT2D eigenvalue weighted by atomic mass is 32.2. The van der Waals surface area contributed by atoms with Gasteiger partial charge in [-0.3, -0.25) is 5.10 Å². The molecule has 0 bridgehead atoms. The average Bonchev–Trinajstić information content (AvgIpc) is 2.14. The molecular weight excluding hydrogens is 122 g/mol. The average molecular weight is 129 g/mol. The normalized spacial score (nSPS) is 9.62. The van der Waals surface area contributed by atoms with Crippen LogP contribution in [0.4, 0.5) is 5.82 Å². The Morgan fingerprint density at radius 1 is 1.88 bits per heavy atom. The number of nitrogens with two attached hydrogens (primary N) is 1. The number of hydrogen-bond donors (Lipinski definition) is 2. The van der Waals surface area contributed by atoms with Crippen LogP contribution < -0.4 is 5.73 Å². The Balaban J connectivity index is 2.92. The number of nitrogens with zero attached hydrogens (tertiary/aromatic N) is 1. The summed E-state index contributed by atoms with van der Waals surface area (Å²) in [5, 5.41) is 6.35. The van der Waals surface area contributed by atoms with Gasteiger partial charge in [0.15, 0.2) is 0 Å². The lowest BCUT2D eigenvalue weighted by Crippen LogP contribution is -1.84. The van der Waals surface area contributed by atoms with Crippen molar-refractivity contribution in [3.8, 4) is 0 Å². The van der Waals surface area contributed by atoms with Gasteiger partial charge in [-0.2, -0.15) is 5.10 Å². The topological polar surface area (TPSA) is 54.7 Å². The molecule has 0 aliphatic heterocycles. The van der Waals surface area contributed by atoms with Crippen molar-refractivity contribution in [3.05, 3.63) is 6.20 Å². The van der Waals surface area contributed by atoms with Gasteiger partial charge >= 0.3 is 0 Å². The molecule has 1 aromatic heterocycles. The molecule has 8 heavy (non-hydrogen) atoms. The zero-order valence-corrected chi connectivity index (χ0v) is 5.33. The second kappa shape index (κ2) is 2.09. The Morgan fingerprint density at radius 2 is 2.62 bits per heavy atom. The fourth-order valence-electron chi connectivity index (χ4n) is 0.448. The first kappa shape index (κ1) is 5.50. The first-order chi connectivity index (χ1) is 3.84. The molecule has 0 aliphatic carbocycles. The molecular formula is C4H7N3S. The molecule has 1 aromatic rings. The van der Waals surface area contributed by atoms with Crippen LogP contribution in [-0.2, 0) is 0 Å². The van der Waals surface area contributed by atoms with E-state index in [1.165, 1.54) is 0 Å². The number of nitrogens with one attached hydrogen (secondary N) is 1. The molecule has 3 nitrogen and oxygen atoms in total. The SMILES string of the molecule is CSc1cn[nH]c1N. The summed E-state index contributed by atoms with van der Waals surface area (Å²) < 4.78 is 0. The van der Waals surface area contributed by atoms with Crippen LogP contribution in [0.2, 0.25) is 0 Å². The van der Waals surface area contributed by atoms with Crippen LogP contribution in [-0.4, -0.2) is 16.5 Å². The molecule has 0 saturated carbocycles. The highest BCUT2D eigenvalue weighted by Crippen LogP contribution is 2.17. The predicted octanol–water partition coefficient (Wildman–Crippen LogP) is 0.714. The van der Waals surface area contributed by atoms with Gasteiger partial charge < -0.3 is 5.73 Å². The van der Waals surface area contributed by atoms with Crippen molar-refractivity contribution < 1.29 is 0 Å². The largest absolute Gasteiger partial charge is 0.383 e. The Kier molecular flexibility index (Phi) is 1.43. The van der Waals surface area contributed by atoms with E-state index in [-0.39, 0.29) is 0 Å². The highest BCUT2D eigenvalue weighted by molar-refractivity contribution is 7.98. The molecule has 1 heterocycles. The van der Waals surface area contributed by atoms with E-state index in [2.05, 4.69) is 10.2 Å². The van der Waals surface area contributed by atoms with Crippen LogP contribution in [0, 0.1) is 0 Å². The van der Waals surface area contributed by atoms with Crippen molar-refractivity contribution in [3.63, 3.8) is 0 Å². The summed E-state index contributed by atoms with van der Waals surface area (Å²) in [6, 6.07) is 0. The molecule has 0 atom stereocenters. The van der Waals surface area contributed by atoms with E-state index < -0.39 is 0 Å². The van der Waals surface area contributed by atoms with Crippen molar-refractivity contribution >= 4 is 17.6 Å². The molecule has 0 amide bonds. The summed E-state index contributed by atoms with van der Waals surface area (Å²) in [4.78, 5) is 1.00. The molecule has 0 radical (unpaired) electrons. The third kappa shape index (κ3) is 0.790. The molecule has 44 valence electrons. The molecule has 0 unspecified atom stereocenters. The van der Waals surface area contributed by atoms with Gasteiger partial charge in [0.1, 0.15) is 5.82 Å². The van der Waals surface area contributed by atoms with Gasteiger partial charge in [0.25, 0.3) is 0 Å². The number of anilines is 1. The zero-order valence-electron chi connectivity index (χ0n) is 4.51. The lowest BCUT2D eigenvalue weighted by molar-refractivity contribution is 1.10. The number of thioether (sulfide) groups is 1. The molecule has 0 aliphatic rings. The third-order valence-corrected chi connectivity index (χ3v) is 1.62. The second-order valence-electron chi connectivity index (χ2n) is 1.35. The standard InChI is InChI=1S/C4H7N3S/c1-8-3-2-6-7-4(3)5/h2H,1H3,(H3,5,6,7). The highest BCUT2D eigenvalue weighted by Gasteiger charge is 1.94. The molecule has 4 heteroatoms. The fraction of sp³-hybridized carbons (Fsp3) is 0.250. The predicted molar refractivity (Wildman–Crippen MR) is 34.8 cm³/mol. The first-order valence-corrected chi connectivity index (χ1v) is 3.40. The Bertz CT molecular complexity index is 172. The van der Waals surface area contributed by atoms with Crippen LogP contribution in [0.25, 0.3) is 0 Å². The van der Waals surface area contributed by atoms with Crippen LogP contribution >= 0.6 is 11.8 Å². The third-order valence-electron chi connectivity index (χ3n) is 0.852. The van der Waals surface area contributed by atoms with Crippen molar-refractivity contribution in [2.24, 2.45) is 0 Å². The minimum atomic E-state index is 0.650. The summed E-state index contributed by atoms with van der Waals surface area (Å²) in [5.74, 6) is 0.650. The maximum Gasteiger partial charge on any atom is 0.132 e. The van der Waals surface area contributed by atoms with Crippen LogP contribution in [0.15, 0.2) is 11.1 Å². The summed E-state index contributed by atoms with van der Waals surface area (Å²) in [6.45, 7) is 0. The number of rotatable bonds is 1. The molecule has 3 N–H and O–H groups in total. The van der Waals surface area contributed by atoms with E-state index in [0.29, 0.717) is 5.82 Å². The lowest BCUT2D eigenvalue weighted by atomic mass is 10.7. The summed E-state index contributed by atoms with van der Waals surface area (Å²) >= 11 is 1.58. The van der Waals surface area contributed by atoms with Crippen molar-refractivity contribution in [2.75, 3.05) is 12.0 Å². The van der Waals surface area contributed by atoms with Gasteiger partial charge in [-0.05, 0) is 6.26 Å². The maximum atomic E-state index is 5.41. The van der Waals surface area contributed by atoms with Gasteiger partial charge in [-0.1, -0.05) is 0 Å². The smallest absolute Gasteiger partial charge is 0.132 e. The van der Waals surface area contributed by atoms with Crippen molar-refractivity contribution in [2.45, 2.75) is 4.90 Å². The van der Waals surface area contributed by atoms with Crippen LogP contribution in [0.1, 0.15) is 0 Å². The van der Waals surface area contributed by atoms with Crippen molar-refractivity contribution in [1.82, 2.24) is 10.2 Å². The van der Waals surface area contributed by atoms with Gasteiger partial charge in [0, 0.05) is 0 Å². The molecule has 0 saturated heterocycles. The quantitative estimate of drug-likeness (QED) is 0.549. The van der Waals surface area contributed by atoms with E-state index >= 15 is 0 Å². The molecule has 1 rings (SSSR count). The Morgan fingerprint density at radius 3 is 2.88 bits per heavy atom. The molecule has 0 spiro atoms.